The van der Waals surface area contributed by atoms with Crippen LogP contribution in [0, 0.1) is 17.0 Å². The van der Waals surface area contributed by atoms with Crippen LogP contribution in [0.1, 0.15) is 18.4 Å². The minimum Gasteiger partial charge on any atom is -0.315 e. The van der Waals surface area contributed by atoms with E-state index in [0.29, 0.717) is 6.54 Å². The Kier molecular flexibility index (Phi) is 4.36. The molecule has 1 fully saturated rings. The van der Waals surface area contributed by atoms with Gasteiger partial charge in [-0.15, -0.1) is 0 Å². The average molecular weight is 299 g/mol. The normalized spacial score (nSPS) is 19.8. The lowest BCUT2D eigenvalue weighted by Gasteiger charge is -2.23. The van der Waals surface area contributed by atoms with Crippen molar-refractivity contribution in [2.24, 2.45) is 0 Å². The van der Waals surface area contributed by atoms with Crippen LogP contribution in [0.4, 0.5) is 5.69 Å². The van der Waals surface area contributed by atoms with Crippen molar-refractivity contribution in [3.05, 3.63) is 33.9 Å². The zero-order valence-electron chi connectivity index (χ0n) is 11.1. The van der Waals surface area contributed by atoms with Gasteiger partial charge in [-0.25, -0.2) is 13.1 Å². The standard InChI is InChI=1S/C12H17N3O4S/c1-9-11(15(16)17)5-2-6-12(9)20(18,19)14-10-4-3-7-13-8-10/h2,5-6,10,13-14H,3-4,7-8H2,1H3/t10-/m1/s1. The number of nitro groups is 1. The van der Waals surface area contributed by atoms with Crippen molar-refractivity contribution in [3.63, 3.8) is 0 Å². The molecule has 1 aromatic rings. The van der Waals surface area contributed by atoms with Crippen molar-refractivity contribution in [3.8, 4) is 0 Å². The Morgan fingerprint density at radius 1 is 1.45 bits per heavy atom. The summed E-state index contributed by atoms with van der Waals surface area (Å²) in [5, 5.41) is 14.0. The van der Waals surface area contributed by atoms with E-state index in [0.717, 1.165) is 19.4 Å². The maximum absolute atomic E-state index is 12.3. The lowest BCUT2D eigenvalue weighted by Crippen LogP contribution is -2.45. The van der Waals surface area contributed by atoms with Crippen LogP contribution < -0.4 is 10.0 Å². The molecule has 20 heavy (non-hydrogen) atoms. The van der Waals surface area contributed by atoms with Gasteiger partial charge < -0.3 is 5.32 Å². The van der Waals surface area contributed by atoms with Gasteiger partial charge in [-0.2, -0.15) is 0 Å². The highest BCUT2D eigenvalue weighted by Gasteiger charge is 2.26. The number of nitrogens with one attached hydrogen (secondary N) is 2. The largest absolute Gasteiger partial charge is 0.315 e. The Morgan fingerprint density at radius 2 is 2.20 bits per heavy atom. The first kappa shape index (κ1) is 14.9. The van der Waals surface area contributed by atoms with E-state index in [1.807, 2.05) is 0 Å². The summed E-state index contributed by atoms with van der Waals surface area (Å²) in [6.45, 7) is 2.91. The van der Waals surface area contributed by atoms with Crippen molar-refractivity contribution in [2.75, 3.05) is 13.1 Å². The molecule has 0 saturated carbocycles. The minimum absolute atomic E-state index is 0.0303. The van der Waals surface area contributed by atoms with E-state index in [9.17, 15) is 18.5 Å². The molecular weight excluding hydrogens is 282 g/mol. The highest BCUT2D eigenvalue weighted by molar-refractivity contribution is 7.89. The second-order valence-electron chi connectivity index (χ2n) is 4.82. The van der Waals surface area contributed by atoms with Crippen LogP contribution in [0.25, 0.3) is 0 Å². The molecule has 0 spiro atoms. The zero-order chi connectivity index (χ0) is 14.8. The van der Waals surface area contributed by atoms with Crippen LogP contribution in [0.15, 0.2) is 23.1 Å². The van der Waals surface area contributed by atoms with E-state index in [2.05, 4.69) is 10.0 Å². The predicted molar refractivity (Wildman–Crippen MR) is 74.0 cm³/mol. The molecule has 0 radical (unpaired) electrons. The van der Waals surface area contributed by atoms with Crippen molar-refractivity contribution < 1.29 is 13.3 Å². The molecule has 1 aromatic carbocycles. The molecule has 1 aliphatic rings. The van der Waals surface area contributed by atoms with Crippen LogP contribution >= 0.6 is 0 Å². The summed E-state index contributed by atoms with van der Waals surface area (Å²) in [5.41, 5.74) is -0.0246. The van der Waals surface area contributed by atoms with Crippen LogP contribution in [0.5, 0.6) is 0 Å². The van der Waals surface area contributed by atoms with Gasteiger partial charge in [0.1, 0.15) is 0 Å². The number of benzene rings is 1. The SMILES string of the molecule is Cc1c([N+](=O)[O-])cccc1S(=O)(=O)N[C@@H]1CCCNC1. The van der Waals surface area contributed by atoms with Crippen LogP contribution in [-0.2, 0) is 10.0 Å². The summed E-state index contributed by atoms with van der Waals surface area (Å²) in [5.74, 6) is 0. The molecule has 0 amide bonds. The predicted octanol–water partition coefficient (Wildman–Crippen LogP) is 0.934. The van der Waals surface area contributed by atoms with Gasteiger partial charge in [0.05, 0.1) is 9.82 Å². The number of rotatable bonds is 4. The van der Waals surface area contributed by atoms with Gasteiger partial charge in [0.2, 0.25) is 10.0 Å². The Labute approximate surface area is 117 Å². The van der Waals surface area contributed by atoms with E-state index in [1.165, 1.54) is 25.1 Å². The minimum atomic E-state index is -3.74. The third-order valence-corrected chi connectivity index (χ3v) is 5.03. The van der Waals surface area contributed by atoms with Gasteiger partial charge in [0.15, 0.2) is 0 Å². The quantitative estimate of drug-likeness (QED) is 0.636. The highest BCUT2D eigenvalue weighted by atomic mass is 32.2. The van der Waals surface area contributed by atoms with Gasteiger partial charge in [-0.05, 0) is 32.4 Å². The fourth-order valence-corrected chi connectivity index (χ4v) is 3.86. The topological polar surface area (TPSA) is 101 Å². The van der Waals surface area contributed by atoms with E-state index in [1.54, 1.807) is 0 Å². The number of nitrogens with zero attached hydrogens (tertiary/aromatic N) is 1. The summed E-state index contributed by atoms with van der Waals surface area (Å²) in [6, 6.07) is 3.91. The van der Waals surface area contributed by atoms with E-state index in [4.69, 9.17) is 0 Å². The van der Waals surface area contributed by atoms with E-state index >= 15 is 0 Å². The first-order valence-electron chi connectivity index (χ1n) is 6.39. The number of hydrogen-bond acceptors (Lipinski definition) is 5. The van der Waals surface area contributed by atoms with Gasteiger partial charge in [0, 0.05) is 24.2 Å². The third-order valence-electron chi connectivity index (χ3n) is 3.36. The molecule has 2 N–H and O–H groups in total. The van der Waals surface area contributed by atoms with Gasteiger partial charge in [0.25, 0.3) is 5.69 Å². The molecule has 0 bridgehead atoms. The summed E-state index contributed by atoms with van der Waals surface area (Å²) < 4.78 is 27.3. The monoisotopic (exact) mass is 299 g/mol. The maximum Gasteiger partial charge on any atom is 0.273 e. The molecule has 1 aliphatic heterocycles. The summed E-state index contributed by atoms with van der Waals surface area (Å²) in [7, 11) is -3.74. The first-order valence-corrected chi connectivity index (χ1v) is 7.87. The maximum atomic E-state index is 12.3. The van der Waals surface area contributed by atoms with Gasteiger partial charge >= 0.3 is 0 Å². The molecule has 0 aliphatic carbocycles. The second-order valence-corrected chi connectivity index (χ2v) is 6.50. The Balaban J connectivity index is 2.29. The number of piperidine rings is 1. The summed E-state index contributed by atoms with van der Waals surface area (Å²) in [6.07, 6.45) is 1.67. The fourth-order valence-electron chi connectivity index (χ4n) is 2.33. The second kappa shape index (κ2) is 5.86. The van der Waals surface area contributed by atoms with Gasteiger partial charge in [-0.1, -0.05) is 6.07 Å². The number of hydrogen-bond donors (Lipinski definition) is 2. The summed E-state index contributed by atoms with van der Waals surface area (Å²) in [4.78, 5) is 10.3. The molecular formula is C12H17N3O4S. The zero-order valence-corrected chi connectivity index (χ0v) is 11.9. The molecule has 1 heterocycles. The summed E-state index contributed by atoms with van der Waals surface area (Å²) >= 11 is 0. The van der Waals surface area contributed by atoms with Crippen molar-refractivity contribution in [2.45, 2.75) is 30.7 Å². The molecule has 110 valence electrons. The van der Waals surface area contributed by atoms with Crippen molar-refractivity contribution in [1.29, 1.82) is 0 Å². The van der Waals surface area contributed by atoms with Crippen molar-refractivity contribution >= 4 is 15.7 Å². The molecule has 2 rings (SSSR count). The van der Waals surface area contributed by atoms with Crippen LogP contribution in [0.2, 0.25) is 0 Å². The number of sulfonamides is 1. The smallest absolute Gasteiger partial charge is 0.273 e. The van der Waals surface area contributed by atoms with Crippen molar-refractivity contribution in [1.82, 2.24) is 10.0 Å². The fraction of sp³-hybridized carbons (Fsp3) is 0.500. The Bertz CT molecular complexity index is 609. The molecule has 0 aromatic heterocycles. The molecule has 1 atom stereocenters. The van der Waals surface area contributed by atoms with E-state index < -0.39 is 14.9 Å². The average Bonchev–Trinajstić information content (AvgIpc) is 2.39. The number of nitro benzene ring substituents is 1. The van der Waals surface area contributed by atoms with Gasteiger partial charge in [-0.3, -0.25) is 10.1 Å². The third kappa shape index (κ3) is 3.14. The van der Waals surface area contributed by atoms with Crippen LogP contribution in [0.3, 0.4) is 0 Å². The molecule has 7 nitrogen and oxygen atoms in total. The lowest BCUT2D eigenvalue weighted by atomic mass is 10.1. The first-order chi connectivity index (χ1) is 9.42. The Morgan fingerprint density at radius 3 is 2.80 bits per heavy atom. The lowest BCUT2D eigenvalue weighted by molar-refractivity contribution is -0.385. The Hall–Kier alpha value is -1.51. The molecule has 8 heteroatoms. The molecule has 0 unspecified atom stereocenters. The van der Waals surface area contributed by atoms with E-state index in [-0.39, 0.29) is 22.2 Å². The highest BCUT2D eigenvalue weighted by Crippen LogP contribution is 2.25. The molecule has 1 saturated heterocycles. The van der Waals surface area contributed by atoms with Crippen LogP contribution in [-0.4, -0.2) is 32.5 Å².